The Morgan fingerprint density at radius 2 is 0.600 bits per heavy atom. The fourth-order valence-corrected chi connectivity index (χ4v) is 0. The van der Waals surface area contributed by atoms with Crippen molar-refractivity contribution in [1.82, 2.24) is 0 Å². The molecule has 0 aliphatic heterocycles. The third-order valence-electron chi connectivity index (χ3n) is 0. The van der Waals surface area contributed by atoms with Gasteiger partial charge >= 0.3 is 21.7 Å². The first-order valence-electron chi connectivity index (χ1n) is 6.29. The Labute approximate surface area is 140 Å². The molecule has 0 rings (SSSR count). The Morgan fingerprint density at radius 3 is 0.600 bits per heavy atom. The van der Waals surface area contributed by atoms with Gasteiger partial charge in [0.15, 0.2) is 0 Å². The minimum Gasteiger partial charge on any atom is -0.852 e. The average molecular weight is 325 g/mol. The van der Waals surface area contributed by atoms with E-state index in [0.717, 1.165) is 0 Å². The zero-order valence-corrected chi connectivity index (χ0v) is 16.0. The Balaban J connectivity index is -0.0000000304. The maximum absolute atomic E-state index is 9.53. The van der Waals surface area contributed by atoms with E-state index in [1.165, 1.54) is 6.92 Å². The molecule has 0 saturated heterocycles. The summed E-state index contributed by atoms with van der Waals surface area (Å²) in [5.41, 5.74) is 0. The molecule has 0 radical (unpaired) electrons. The van der Waals surface area contributed by atoms with Gasteiger partial charge in [0, 0.05) is 6.92 Å². The molecule has 0 aromatic heterocycles. The maximum atomic E-state index is 9.53. The third kappa shape index (κ3) is 2670000. The van der Waals surface area contributed by atoms with Crippen molar-refractivity contribution in [1.29, 1.82) is 5.26 Å². The van der Waals surface area contributed by atoms with E-state index in [4.69, 9.17) is 5.26 Å². The standard InChI is InChI=1S/4C3H7O.C2H3N.Ti/c4*1-3(2)4;1-2-3;/h4*3H,1-2H3;1H3;/q4*-1;;+4. The molecule has 5 nitrogen and oxygen atoms in total. The van der Waals surface area contributed by atoms with Crippen LogP contribution >= 0.6 is 0 Å². The summed E-state index contributed by atoms with van der Waals surface area (Å²) in [4.78, 5) is 0. The summed E-state index contributed by atoms with van der Waals surface area (Å²) >= 11 is 0. The van der Waals surface area contributed by atoms with Crippen LogP contribution in [0.5, 0.6) is 0 Å². The van der Waals surface area contributed by atoms with Crippen LogP contribution in [0, 0.1) is 11.3 Å². The van der Waals surface area contributed by atoms with Crippen molar-refractivity contribution in [2.24, 2.45) is 0 Å². The number of hydrogen-bond acceptors (Lipinski definition) is 5. The van der Waals surface area contributed by atoms with E-state index >= 15 is 0 Å². The summed E-state index contributed by atoms with van der Waals surface area (Å²) in [6, 6.07) is 1.75. The molecule has 0 aliphatic carbocycles. The van der Waals surface area contributed by atoms with Crippen molar-refractivity contribution in [2.75, 3.05) is 0 Å². The summed E-state index contributed by atoms with van der Waals surface area (Å²) in [6.07, 6.45) is -1.67. The number of rotatable bonds is 0. The van der Waals surface area contributed by atoms with Gasteiger partial charge in [-0.25, -0.2) is 0 Å². The molecule has 0 bridgehead atoms. The second kappa shape index (κ2) is 36.4. The van der Waals surface area contributed by atoms with Crippen molar-refractivity contribution in [3.05, 3.63) is 0 Å². The number of nitriles is 1. The maximum Gasteiger partial charge on any atom is 4.00 e. The largest absolute Gasteiger partial charge is 4.00 e. The Kier molecular flexibility index (Phi) is 67.2. The molecule has 0 amide bonds. The Morgan fingerprint density at radius 1 is 0.600 bits per heavy atom. The predicted octanol–water partition coefficient (Wildman–Crippen LogP) is -0.452. The van der Waals surface area contributed by atoms with Crippen LogP contribution in [0.15, 0.2) is 0 Å². The van der Waals surface area contributed by atoms with Gasteiger partial charge in [-0.15, -0.1) is 24.4 Å². The van der Waals surface area contributed by atoms with E-state index in [0.29, 0.717) is 0 Å². The second-order valence-electron chi connectivity index (χ2n) is 4.42. The summed E-state index contributed by atoms with van der Waals surface area (Å²) in [6.45, 7) is 14.3. The summed E-state index contributed by atoms with van der Waals surface area (Å²) < 4.78 is 0. The van der Waals surface area contributed by atoms with Crippen LogP contribution in [0.25, 0.3) is 0 Å². The summed E-state index contributed by atoms with van der Waals surface area (Å²) in [5, 5.41) is 45.4. The fraction of sp³-hybridized carbons (Fsp3) is 0.929. The van der Waals surface area contributed by atoms with Crippen LogP contribution in [-0.4, -0.2) is 24.4 Å². The first-order valence-corrected chi connectivity index (χ1v) is 6.29. The van der Waals surface area contributed by atoms with Gasteiger partial charge in [-0.05, 0) is 0 Å². The smallest absolute Gasteiger partial charge is 0.852 e. The van der Waals surface area contributed by atoms with Crippen LogP contribution < -0.4 is 20.4 Å². The van der Waals surface area contributed by atoms with Gasteiger partial charge in [-0.2, -0.15) is 5.26 Å². The SMILES string of the molecule is CC#N.CC(C)[O-].CC(C)[O-].CC(C)[O-].CC(C)[O-].[Ti+4]. The zero-order chi connectivity index (χ0) is 17.0. The second-order valence-corrected chi connectivity index (χ2v) is 4.42. The average Bonchev–Trinajstić information content (AvgIpc) is 1.97. The summed E-state index contributed by atoms with van der Waals surface area (Å²) in [7, 11) is 0. The van der Waals surface area contributed by atoms with Crippen LogP contribution in [0.3, 0.4) is 0 Å². The molecule has 20 heavy (non-hydrogen) atoms. The molecule has 0 spiro atoms. The Hall–Kier alpha value is 0.0443. The van der Waals surface area contributed by atoms with Crippen LogP contribution in [0.4, 0.5) is 0 Å². The van der Waals surface area contributed by atoms with Crippen LogP contribution in [0.1, 0.15) is 62.3 Å². The predicted molar refractivity (Wildman–Crippen MR) is 71.8 cm³/mol. The van der Waals surface area contributed by atoms with E-state index in [1.807, 2.05) is 0 Å². The minimum absolute atomic E-state index is 0. The van der Waals surface area contributed by atoms with Crippen molar-refractivity contribution < 1.29 is 42.1 Å². The first-order chi connectivity index (χ1) is 8.34. The van der Waals surface area contributed by atoms with Gasteiger partial charge in [0.25, 0.3) is 0 Å². The molecule has 0 aromatic rings. The molecule has 0 aliphatic rings. The van der Waals surface area contributed by atoms with Gasteiger partial charge in [-0.1, -0.05) is 55.4 Å². The van der Waals surface area contributed by atoms with Crippen molar-refractivity contribution >= 4 is 0 Å². The van der Waals surface area contributed by atoms with Gasteiger partial charge < -0.3 is 20.4 Å². The molecule has 0 saturated carbocycles. The van der Waals surface area contributed by atoms with Gasteiger partial charge in [0.05, 0.1) is 6.07 Å². The van der Waals surface area contributed by atoms with E-state index in [-0.39, 0.29) is 21.7 Å². The van der Waals surface area contributed by atoms with E-state index in [2.05, 4.69) is 0 Å². The molecule has 120 valence electrons. The molecule has 0 unspecified atom stereocenters. The molecule has 6 heteroatoms. The molecule has 0 atom stereocenters. The fourth-order valence-electron chi connectivity index (χ4n) is 0. The van der Waals surface area contributed by atoms with Crippen molar-refractivity contribution in [2.45, 2.75) is 86.7 Å². The van der Waals surface area contributed by atoms with Crippen molar-refractivity contribution in [3.63, 3.8) is 0 Å². The summed E-state index contributed by atoms with van der Waals surface area (Å²) in [5.74, 6) is 0. The zero-order valence-electron chi connectivity index (χ0n) is 14.4. The first kappa shape index (κ1) is 36.9. The normalized spacial score (nSPS) is 7.60. The topological polar surface area (TPSA) is 116 Å². The molecule has 0 N–H and O–H groups in total. The van der Waals surface area contributed by atoms with Gasteiger partial charge in [-0.3, -0.25) is 0 Å². The van der Waals surface area contributed by atoms with Crippen molar-refractivity contribution in [3.8, 4) is 6.07 Å². The Bertz CT molecular complexity index is 123. The quantitative estimate of drug-likeness (QED) is 0.559. The van der Waals surface area contributed by atoms with E-state index < -0.39 is 24.4 Å². The monoisotopic (exact) mass is 325 g/mol. The van der Waals surface area contributed by atoms with Crippen LogP contribution in [-0.2, 0) is 21.7 Å². The molecule has 0 heterocycles. The van der Waals surface area contributed by atoms with Crippen LogP contribution in [0.2, 0.25) is 0 Å². The molecule has 0 aromatic carbocycles. The van der Waals surface area contributed by atoms with Gasteiger partial charge in [0.1, 0.15) is 0 Å². The molecule has 0 fully saturated rings. The molecular weight excluding hydrogens is 294 g/mol. The van der Waals surface area contributed by atoms with Gasteiger partial charge in [0.2, 0.25) is 0 Å². The number of nitrogens with zero attached hydrogens (tertiary/aromatic N) is 1. The minimum atomic E-state index is -0.417. The third-order valence-corrected chi connectivity index (χ3v) is 0. The van der Waals surface area contributed by atoms with E-state index in [9.17, 15) is 20.4 Å². The molecular formula is C14H31NO4Ti. The van der Waals surface area contributed by atoms with E-state index in [1.54, 1.807) is 61.5 Å². The number of hydrogen-bond donors (Lipinski definition) is 0.